The molecule has 0 radical (unpaired) electrons. The molecule has 3 nitrogen and oxygen atoms in total. The fraction of sp³-hybridized carbons (Fsp3) is 0.346. The molecule has 36 heavy (non-hydrogen) atoms. The highest BCUT2D eigenvalue weighted by atomic mass is 35.5. The van der Waals surface area contributed by atoms with Crippen LogP contribution in [0.25, 0.3) is 0 Å². The molecule has 0 amide bonds. The van der Waals surface area contributed by atoms with E-state index in [4.69, 9.17) is 4.74 Å². The predicted octanol–water partition coefficient (Wildman–Crippen LogP) is 7.46. The van der Waals surface area contributed by atoms with E-state index in [0.29, 0.717) is 13.0 Å². The largest absolute Gasteiger partial charge is 0.416 e. The van der Waals surface area contributed by atoms with Crippen LogP contribution < -0.4 is 0 Å². The molecule has 1 aliphatic heterocycles. The summed E-state index contributed by atoms with van der Waals surface area (Å²) in [5, 5.41) is 0. The maximum absolute atomic E-state index is 13.3. The number of hydrogen-bond acceptors (Lipinski definition) is 3. The summed E-state index contributed by atoms with van der Waals surface area (Å²) in [5.74, 6) is 0. The first kappa shape index (κ1) is 28.0. The molecule has 0 N–H and O–H groups in total. The minimum Gasteiger partial charge on any atom is -0.372 e. The van der Waals surface area contributed by atoms with Gasteiger partial charge in [0.25, 0.3) is 0 Å². The van der Waals surface area contributed by atoms with Crippen molar-refractivity contribution < 1.29 is 31.1 Å². The lowest BCUT2D eigenvalue weighted by atomic mass is 9.91. The van der Waals surface area contributed by atoms with E-state index < -0.39 is 29.6 Å². The highest BCUT2D eigenvalue weighted by Crippen LogP contribution is 2.38. The molecular weight excluding hydrogens is 506 g/mol. The highest BCUT2D eigenvalue weighted by molar-refractivity contribution is 5.85. The van der Waals surface area contributed by atoms with Crippen molar-refractivity contribution in [3.63, 3.8) is 0 Å². The molecular formula is C26H25ClF6N2O. The van der Waals surface area contributed by atoms with Gasteiger partial charge in [-0.15, -0.1) is 12.4 Å². The van der Waals surface area contributed by atoms with Gasteiger partial charge in [-0.3, -0.25) is 9.88 Å². The third-order valence-corrected chi connectivity index (χ3v) is 6.04. The van der Waals surface area contributed by atoms with Gasteiger partial charge in [0.2, 0.25) is 0 Å². The van der Waals surface area contributed by atoms with E-state index in [1.807, 2.05) is 42.5 Å². The van der Waals surface area contributed by atoms with Crippen molar-refractivity contribution in [2.75, 3.05) is 6.54 Å². The maximum Gasteiger partial charge on any atom is 0.416 e. The van der Waals surface area contributed by atoms with Crippen molar-refractivity contribution in [3.8, 4) is 0 Å². The molecule has 194 valence electrons. The lowest BCUT2D eigenvalue weighted by Gasteiger charge is -2.41. The number of nitrogens with zero attached hydrogens (tertiary/aromatic N) is 2. The SMILES string of the molecule is Cl.FC(F)(F)c1cc(CO[C@@H]2CCCN(Cc3cccnc3)[C@@H]2c2ccccc2)cc(C(F)(F)F)c1. The van der Waals surface area contributed by atoms with E-state index in [0.717, 1.165) is 36.2 Å². The van der Waals surface area contributed by atoms with Gasteiger partial charge in [0.1, 0.15) is 0 Å². The number of ether oxygens (including phenoxy) is 1. The van der Waals surface area contributed by atoms with Gasteiger partial charge in [-0.1, -0.05) is 36.4 Å². The number of rotatable bonds is 6. The van der Waals surface area contributed by atoms with E-state index in [2.05, 4.69) is 9.88 Å². The Kier molecular flexibility index (Phi) is 9.03. The van der Waals surface area contributed by atoms with Crippen molar-refractivity contribution >= 4 is 12.4 Å². The second kappa shape index (κ2) is 11.6. The maximum atomic E-state index is 13.3. The average Bonchev–Trinajstić information content (AvgIpc) is 2.83. The van der Waals surface area contributed by atoms with Crippen LogP contribution in [0.4, 0.5) is 26.3 Å². The van der Waals surface area contributed by atoms with Crippen molar-refractivity contribution in [2.45, 2.75) is 50.5 Å². The summed E-state index contributed by atoms with van der Waals surface area (Å²) >= 11 is 0. The second-order valence-electron chi connectivity index (χ2n) is 8.59. The molecule has 0 bridgehead atoms. The van der Waals surface area contributed by atoms with Crippen LogP contribution in [0.5, 0.6) is 0 Å². The number of aromatic nitrogens is 1. The number of halogens is 7. The molecule has 1 aliphatic rings. The van der Waals surface area contributed by atoms with Gasteiger partial charge in [0.05, 0.1) is 29.9 Å². The summed E-state index contributed by atoms with van der Waals surface area (Å²) in [5.41, 5.74) is -0.869. The first-order valence-electron chi connectivity index (χ1n) is 11.2. The Hall–Kier alpha value is -2.62. The normalized spacial score (nSPS) is 19.1. The molecule has 1 fully saturated rings. The van der Waals surface area contributed by atoms with Crippen molar-refractivity contribution in [3.05, 3.63) is 101 Å². The monoisotopic (exact) mass is 530 g/mol. The second-order valence-corrected chi connectivity index (χ2v) is 8.59. The van der Waals surface area contributed by atoms with Crippen LogP contribution in [0, 0.1) is 0 Å². The first-order chi connectivity index (χ1) is 16.6. The standard InChI is InChI=1S/C26H24F6N2O.ClH/c27-25(28,29)21-12-19(13-22(14-21)26(30,31)32)17-35-23-9-5-11-34(16-18-6-4-10-33-15-18)24(23)20-7-2-1-3-8-20;/h1-4,6-8,10,12-15,23-24H,5,9,11,16-17H2;1H/t23-,24-;/m1./s1. The molecule has 0 unspecified atom stereocenters. The van der Waals surface area contributed by atoms with Crippen molar-refractivity contribution in [1.29, 1.82) is 0 Å². The molecule has 4 rings (SSSR count). The zero-order chi connectivity index (χ0) is 25.1. The van der Waals surface area contributed by atoms with Crippen LogP contribution in [0.3, 0.4) is 0 Å². The van der Waals surface area contributed by atoms with Gasteiger partial charge in [-0.25, -0.2) is 0 Å². The van der Waals surface area contributed by atoms with Gasteiger partial charge < -0.3 is 4.74 Å². The van der Waals surface area contributed by atoms with Gasteiger partial charge in [-0.2, -0.15) is 26.3 Å². The zero-order valence-electron chi connectivity index (χ0n) is 19.1. The molecule has 0 spiro atoms. The summed E-state index contributed by atoms with van der Waals surface area (Å²) < 4.78 is 85.6. The van der Waals surface area contributed by atoms with E-state index >= 15 is 0 Å². The lowest BCUT2D eigenvalue weighted by Crippen LogP contribution is -2.42. The Bertz CT molecular complexity index is 1080. The number of likely N-dealkylation sites (tertiary alicyclic amines) is 1. The average molecular weight is 531 g/mol. The molecule has 3 aromatic rings. The van der Waals surface area contributed by atoms with Crippen molar-refractivity contribution in [1.82, 2.24) is 9.88 Å². The Balaban J connectivity index is 0.00000361. The van der Waals surface area contributed by atoms with E-state index in [1.165, 1.54) is 0 Å². The Morgan fingerprint density at radius 1 is 0.861 bits per heavy atom. The lowest BCUT2D eigenvalue weighted by molar-refractivity contribution is -0.143. The fourth-order valence-corrected chi connectivity index (χ4v) is 4.49. The zero-order valence-corrected chi connectivity index (χ0v) is 19.9. The third kappa shape index (κ3) is 6.99. The van der Waals surface area contributed by atoms with E-state index in [9.17, 15) is 26.3 Å². The summed E-state index contributed by atoms with van der Waals surface area (Å²) in [7, 11) is 0. The number of benzene rings is 2. The fourth-order valence-electron chi connectivity index (χ4n) is 4.49. The Morgan fingerprint density at radius 2 is 1.53 bits per heavy atom. The van der Waals surface area contributed by atoms with Crippen LogP contribution >= 0.6 is 12.4 Å². The van der Waals surface area contributed by atoms with Crippen LogP contribution in [-0.2, 0) is 30.2 Å². The first-order valence-corrected chi connectivity index (χ1v) is 11.2. The molecule has 1 saturated heterocycles. The molecule has 2 heterocycles. The van der Waals surface area contributed by atoms with E-state index in [-0.39, 0.29) is 36.7 Å². The predicted molar refractivity (Wildman–Crippen MR) is 125 cm³/mol. The summed E-state index contributed by atoms with van der Waals surface area (Å²) in [6.45, 7) is 1.01. The van der Waals surface area contributed by atoms with Crippen LogP contribution in [0.2, 0.25) is 0 Å². The topological polar surface area (TPSA) is 25.4 Å². The van der Waals surface area contributed by atoms with Crippen LogP contribution in [-0.4, -0.2) is 22.5 Å². The molecule has 1 aromatic heterocycles. The smallest absolute Gasteiger partial charge is 0.372 e. The molecule has 0 aliphatic carbocycles. The Labute approximate surface area is 211 Å². The highest BCUT2D eigenvalue weighted by Gasteiger charge is 2.37. The number of pyridine rings is 1. The van der Waals surface area contributed by atoms with Gasteiger partial charge >= 0.3 is 12.4 Å². The molecule has 2 aromatic carbocycles. The number of hydrogen-bond donors (Lipinski definition) is 0. The van der Waals surface area contributed by atoms with Gasteiger partial charge in [-0.05, 0) is 60.3 Å². The van der Waals surface area contributed by atoms with Gasteiger partial charge in [0.15, 0.2) is 0 Å². The van der Waals surface area contributed by atoms with Gasteiger partial charge in [0, 0.05) is 18.9 Å². The summed E-state index contributed by atoms with van der Waals surface area (Å²) in [4.78, 5) is 6.37. The summed E-state index contributed by atoms with van der Waals surface area (Å²) in [6.07, 6.45) is -5.33. The van der Waals surface area contributed by atoms with E-state index in [1.54, 1.807) is 12.4 Å². The van der Waals surface area contributed by atoms with Crippen LogP contribution in [0.1, 0.15) is 46.7 Å². The number of piperidine rings is 1. The summed E-state index contributed by atoms with van der Waals surface area (Å²) in [6, 6.07) is 14.8. The molecule has 0 saturated carbocycles. The minimum atomic E-state index is -4.89. The quantitative estimate of drug-likeness (QED) is 0.309. The molecule has 2 atom stereocenters. The van der Waals surface area contributed by atoms with Crippen molar-refractivity contribution in [2.24, 2.45) is 0 Å². The molecule has 10 heteroatoms. The Morgan fingerprint density at radius 3 is 2.11 bits per heavy atom. The minimum absolute atomic E-state index is 0. The third-order valence-electron chi connectivity index (χ3n) is 6.04. The number of alkyl halides is 6. The van der Waals surface area contributed by atoms with Crippen LogP contribution in [0.15, 0.2) is 73.1 Å².